The van der Waals surface area contributed by atoms with E-state index < -0.39 is 0 Å². The lowest BCUT2D eigenvalue weighted by molar-refractivity contribution is -0.109. The van der Waals surface area contributed by atoms with Crippen molar-refractivity contribution in [2.45, 2.75) is 25.7 Å². The van der Waals surface area contributed by atoms with Crippen LogP contribution in [0, 0.1) is 11.8 Å². The van der Waals surface area contributed by atoms with Gasteiger partial charge in [0.1, 0.15) is 6.29 Å². The highest BCUT2D eigenvalue weighted by atomic mass is 16.1. The van der Waals surface area contributed by atoms with E-state index in [-0.39, 0.29) is 0 Å². The first-order valence-electron chi connectivity index (χ1n) is 4.73. The number of hydrogen-bond acceptors (Lipinski definition) is 1. The molecule has 0 radical (unpaired) electrons. The van der Waals surface area contributed by atoms with E-state index in [0.29, 0.717) is 11.8 Å². The van der Waals surface area contributed by atoms with E-state index in [4.69, 9.17) is 0 Å². The van der Waals surface area contributed by atoms with Crippen molar-refractivity contribution in [3.63, 3.8) is 0 Å². The Labute approximate surface area is 73.2 Å². The van der Waals surface area contributed by atoms with Crippen LogP contribution in [0.15, 0.2) is 23.8 Å². The zero-order chi connectivity index (χ0) is 8.39. The molecule has 1 heteroatoms. The average molecular weight is 162 g/mol. The molecule has 0 aromatic rings. The second-order valence-corrected chi connectivity index (χ2v) is 3.68. The summed E-state index contributed by atoms with van der Waals surface area (Å²) in [4.78, 5) is 10.5. The molecular weight excluding hydrogens is 148 g/mol. The van der Waals surface area contributed by atoms with Crippen molar-refractivity contribution in [3.8, 4) is 0 Å². The molecule has 2 aliphatic carbocycles. The maximum Gasteiger partial charge on any atom is 0.123 e. The summed E-state index contributed by atoms with van der Waals surface area (Å²) in [6.45, 7) is 0. The predicted octanol–water partition coefficient (Wildman–Crippen LogP) is 2.49. The molecule has 2 atom stereocenters. The molecular formula is C11H14O. The zero-order valence-corrected chi connectivity index (χ0v) is 7.20. The van der Waals surface area contributed by atoms with Gasteiger partial charge in [0.25, 0.3) is 0 Å². The number of rotatable bonds is 2. The lowest BCUT2D eigenvalue weighted by atomic mass is 10.1. The summed E-state index contributed by atoms with van der Waals surface area (Å²) in [6, 6.07) is 0. The lowest BCUT2D eigenvalue weighted by Crippen LogP contribution is -1.86. The van der Waals surface area contributed by atoms with Crippen molar-refractivity contribution in [1.82, 2.24) is 0 Å². The minimum atomic E-state index is 0.332. The highest BCUT2D eigenvalue weighted by Gasteiger charge is 2.38. The fraction of sp³-hybridized carbons (Fsp3) is 0.545. The molecule has 12 heavy (non-hydrogen) atoms. The van der Waals surface area contributed by atoms with Crippen LogP contribution in [0.4, 0.5) is 0 Å². The van der Waals surface area contributed by atoms with Gasteiger partial charge < -0.3 is 4.79 Å². The molecule has 1 saturated carbocycles. The van der Waals surface area contributed by atoms with Gasteiger partial charge in [0.05, 0.1) is 0 Å². The summed E-state index contributed by atoms with van der Waals surface area (Å²) in [5.74, 6) is 0.899. The van der Waals surface area contributed by atoms with E-state index in [1.807, 2.05) is 0 Å². The number of aldehydes is 1. The van der Waals surface area contributed by atoms with E-state index in [2.05, 4.69) is 18.2 Å². The molecule has 2 rings (SSSR count). The molecule has 0 aromatic heterocycles. The average Bonchev–Trinajstić information content (AvgIpc) is 2.89. The van der Waals surface area contributed by atoms with E-state index >= 15 is 0 Å². The molecule has 1 unspecified atom stereocenters. The molecule has 0 aliphatic heterocycles. The summed E-state index contributed by atoms with van der Waals surface area (Å²) < 4.78 is 0. The summed E-state index contributed by atoms with van der Waals surface area (Å²) in [5.41, 5.74) is 1.41. The van der Waals surface area contributed by atoms with Gasteiger partial charge in [-0.25, -0.2) is 0 Å². The van der Waals surface area contributed by atoms with E-state index in [1.165, 1.54) is 24.8 Å². The van der Waals surface area contributed by atoms with Crippen LogP contribution < -0.4 is 0 Å². The zero-order valence-electron chi connectivity index (χ0n) is 7.20. The summed E-state index contributed by atoms with van der Waals surface area (Å²) in [7, 11) is 0. The molecule has 0 N–H and O–H groups in total. The third-order valence-electron chi connectivity index (χ3n) is 2.71. The van der Waals surface area contributed by atoms with Crippen molar-refractivity contribution in [2.24, 2.45) is 11.8 Å². The first kappa shape index (κ1) is 7.78. The highest BCUT2D eigenvalue weighted by molar-refractivity contribution is 5.60. The first-order chi connectivity index (χ1) is 5.92. The van der Waals surface area contributed by atoms with Gasteiger partial charge in [0, 0.05) is 5.92 Å². The standard InChI is InChI=1S/C11H14O/c12-8-10-7-11(10)9-5-3-1-2-4-6-9/h3,5-6,8,10-11H,1-2,4,7H2/t10-,11?/m1/s1. The molecule has 64 valence electrons. The molecule has 0 amide bonds. The largest absolute Gasteiger partial charge is 0.303 e. The van der Waals surface area contributed by atoms with Crippen molar-refractivity contribution in [3.05, 3.63) is 23.8 Å². The van der Waals surface area contributed by atoms with Gasteiger partial charge in [0.2, 0.25) is 0 Å². The molecule has 0 aromatic carbocycles. The van der Waals surface area contributed by atoms with Crippen LogP contribution in [0.5, 0.6) is 0 Å². The second-order valence-electron chi connectivity index (χ2n) is 3.68. The number of hydrogen-bond donors (Lipinski definition) is 0. The van der Waals surface area contributed by atoms with Gasteiger partial charge in [-0.3, -0.25) is 0 Å². The Morgan fingerprint density at radius 3 is 3.08 bits per heavy atom. The van der Waals surface area contributed by atoms with Gasteiger partial charge in [-0.05, 0) is 37.2 Å². The molecule has 0 heterocycles. The van der Waals surface area contributed by atoms with Crippen molar-refractivity contribution in [2.75, 3.05) is 0 Å². The van der Waals surface area contributed by atoms with Crippen LogP contribution in [0.1, 0.15) is 25.7 Å². The third-order valence-corrected chi connectivity index (χ3v) is 2.71. The van der Waals surface area contributed by atoms with E-state index in [9.17, 15) is 4.79 Å². The predicted molar refractivity (Wildman–Crippen MR) is 48.7 cm³/mol. The Balaban J connectivity index is 2.02. The SMILES string of the molecule is O=C[C@H]1CC1C1=CCCCC=C1. The number of carbonyl (C=O) groups excluding carboxylic acids is 1. The monoisotopic (exact) mass is 162 g/mol. The van der Waals surface area contributed by atoms with Gasteiger partial charge in [-0.1, -0.05) is 18.2 Å². The second kappa shape index (κ2) is 3.26. The quantitative estimate of drug-likeness (QED) is 0.570. The van der Waals surface area contributed by atoms with Crippen LogP contribution in [-0.2, 0) is 4.79 Å². The summed E-state index contributed by atoms with van der Waals surface area (Å²) >= 11 is 0. The fourth-order valence-corrected chi connectivity index (χ4v) is 1.82. The van der Waals surface area contributed by atoms with Crippen molar-refractivity contribution >= 4 is 6.29 Å². The van der Waals surface area contributed by atoms with Gasteiger partial charge in [-0.15, -0.1) is 0 Å². The lowest BCUT2D eigenvalue weighted by Gasteiger charge is -1.95. The smallest absolute Gasteiger partial charge is 0.123 e. The topological polar surface area (TPSA) is 17.1 Å². The Hall–Kier alpha value is -0.850. The first-order valence-corrected chi connectivity index (χ1v) is 4.73. The van der Waals surface area contributed by atoms with Crippen LogP contribution in [0.2, 0.25) is 0 Å². The summed E-state index contributed by atoms with van der Waals surface area (Å²) in [5, 5.41) is 0. The molecule has 1 nitrogen and oxygen atoms in total. The highest BCUT2D eigenvalue weighted by Crippen LogP contribution is 2.43. The molecule has 2 aliphatic rings. The van der Waals surface area contributed by atoms with E-state index in [1.54, 1.807) is 0 Å². The van der Waals surface area contributed by atoms with E-state index in [0.717, 1.165) is 12.7 Å². The Morgan fingerprint density at radius 1 is 1.42 bits per heavy atom. The maximum absolute atomic E-state index is 10.5. The molecule has 0 saturated heterocycles. The molecule has 1 fully saturated rings. The minimum Gasteiger partial charge on any atom is -0.303 e. The van der Waals surface area contributed by atoms with Crippen LogP contribution in [0.3, 0.4) is 0 Å². The Bertz CT molecular complexity index is 237. The maximum atomic E-state index is 10.5. The molecule has 0 spiro atoms. The number of carbonyl (C=O) groups is 1. The Kier molecular flexibility index (Phi) is 2.11. The van der Waals surface area contributed by atoms with Crippen molar-refractivity contribution < 1.29 is 4.79 Å². The molecule has 0 bridgehead atoms. The fourth-order valence-electron chi connectivity index (χ4n) is 1.82. The van der Waals surface area contributed by atoms with Crippen LogP contribution >= 0.6 is 0 Å². The van der Waals surface area contributed by atoms with Gasteiger partial charge in [-0.2, -0.15) is 0 Å². The van der Waals surface area contributed by atoms with Gasteiger partial charge >= 0.3 is 0 Å². The summed E-state index contributed by atoms with van der Waals surface area (Å²) in [6.07, 6.45) is 12.6. The van der Waals surface area contributed by atoms with Crippen LogP contribution in [-0.4, -0.2) is 6.29 Å². The normalized spacial score (nSPS) is 33.8. The van der Waals surface area contributed by atoms with Gasteiger partial charge in [0.15, 0.2) is 0 Å². The third kappa shape index (κ3) is 1.50. The minimum absolute atomic E-state index is 0.332. The van der Waals surface area contributed by atoms with Crippen LogP contribution in [0.25, 0.3) is 0 Å². The van der Waals surface area contributed by atoms with Crippen molar-refractivity contribution in [1.29, 1.82) is 0 Å². The number of allylic oxidation sites excluding steroid dienone is 4. The Morgan fingerprint density at radius 2 is 2.33 bits per heavy atom.